The summed E-state index contributed by atoms with van der Waals surface area (Å²) in [6, 6.07) is 0. The molecule has 22 heavy (non-hydrogen) atoms. The number of fused-ring (bicyclic) bond motifs is 2. The molecule has 2 aliphatic rings. The molecule has 2 rings (SSSR count). The minimum Gasteiger partial charge on any atom is -0.342 e. The van der Waals surface area contributed by atoms with Crippen LogP contribution in [-0.4, -0.2) is 29.7 Å². The van der Waals surface area contributed by atoms with Gasteiger partial charge in [-0.2, -0.15) is 0 Å². The predicted molar refractivity (Wildman–Crippen MR) is 89.4 cm³/mol. The van der Waals surface area contributed by atoms with Gasteiger partial charge in [-0.3, -0.25) is 4.79 Å². The first-order valence-electron chi connectivity index (χ1n) is 9.15. The van der Waals surface area contributed by atoms with Crippen LogP contribution in [0.25, 0.3) is 0 Å². The summed E-state index contributed by atoms with van der Waals surface area (Å²) in [7, 11) is 0. The maximum absolute atomic E-state index is 12.5. The van der Waals surface area contributed by atoms with Crippen LogP contribution < -0.4 is 0 Å². The third-order valence-electron chi connectivity index (χ3n) is 5.99. The molecule has 2 bridgehead atoms. The molecule has 0 N–H and O–H groups in total. The van der Waals surface area contributed by atoms with Crippen LogP contribution in [-0.2, 0) is 9.59 Å². The number of rotatable bonds is 8. The molecular weight excluding hydrogens is 274 g/mol. The summed E-state index contributed by atoms with van der Waals surface area (Å²) in [4.78, 5) is 25.8. The highest BCUT2D eigenvalue weighted by Gasteiger charge is 2.45. The Bertz CT molecular complexity index is 402. The second-order valence-corrected chi connectivity index (χ2v) is 8.08. The van der Waals surface area contributed by atoms with Crippen molar-refractivity contribution in [3.05, 3.63) is 0 Å². The normalized spacial score (nSPS) is 30.0. The second kappa shape index (κ2) is 7.61. The zero-order chi connectivity index (χ0) is 16.3. The van der Waals surface area contributed by atoms with Crippen LogP contribution in [0.15, 0.2) is 0 Å². The van der Waals surface area contributed by atoms with E-state index < -0.39 is 0 Å². The summed E-state index contributed by atoms with van der Waals surface area (Å²) in [6.45, 7) is 10.1. The van der Waals surface area contributed by atoms with Crippen LogP contribution in [0, 0.1) is 29.6 Å². The van der Waals surface area contributed by atoms with Gasteiger partial charge < -0.3 is 9.69 Å². The van der Waals surface area contributed by atoms with Gasteiger partial charge in [-0.1, -0.05) is 20.8 Å². The Morgan fingerprint density at radius 3 is 2.36 bits per heavy atom. The summed E-state index contributed by atoms with van der Waals surface area (Å²) in [5, 5.41) is 0. The summed E-state index contributed by atoms with van der Waals surface area (Å²) in [6.07, 6.45) is 5.98. The van der Waals surface area contributed by atoms with E-state index in [0.717, 1.165) is 37.3 Å². The number of ketones is 1. The van der Waals surface area contributed by atoms with Gasteiger partial charge in [0.1, 0.15) is 5.78 Å². The van der Waals surface area contributed by atoms with E-state index in [1.807, 2.05) is 0 Å². The number of nitrogens with zero attached hydrogens (tertiary/aromatic N) is 1. The fourth-order valence-corrected chi connectivity index (χ4v) is 4.44. The lowest BCUT2D eigenvalue weighted by molar-refractivity contribution is -0.134. The van der Waals surface area contributed by atoms with Crippen molar-refractivity contribution in [2.24, 2.45) is 29.6 Å². The van der Waals surface area contributed by atoms with Gasteiger partial charge in [0.25, 0.3) is 0 Å². The maximum Gasteiger partial charge on any atom is 0.223 e. The van der Waals surface area contributed by atoms with Crippen molar-refractivity contribution >= 4 is 11.7 Å². The molecule has 3 heteroatoms. The van der Waals surface area contributed by atoms with E-state index in [1.165, 1.54) is 19.3 Å². The maximum atomic E-state index is 12.5. The van der Waals surface area contributed by atoms with Gasteiger partial charge in [-0.25, -0.2) is 0 Å². The quantitative estimate of drug-likeness (QED) is 0.682. The van der Waals surface area contributed by atoms with Gasteiger partial charge >= 0.3 is 0 Å². The van der Waals surface area contributed by atoms with Gasteiger partial charge in [0.2, 0.25) is 5.91 Å². The predicted octanol–water partition coefficient (Wildman–Crippen LogP) is 3.91. The number of carbonyl (C=O) groups excluding carboxylic acids is 2. The zero-order valence-corrected chi connectivity index (χ0v) is 14.8. The molecule has 0 heterocycles. The molecule has 0 radical (unpaired) electrons. The van der Waals surface area contributed by atoms with E-state index in [2.05, 4.69) is 25.7 Å². The van der Waals surface area contributed by atoms with Gasteiger partial charge in [-0.15, -0.1) is 0 Å². The third kappa shape index (κ3) is 4.33. The minimum atomic E-state index is 0.116. The van der Waals surface area contributed by atoms with Gasteiger partial charge in [0.05, 0.1) is 0 Å². The number of hydrogen-bond acceptors (Lipinski definition) is 2. The van der Waals surface area contributed by atoms with E-state index in [4.69, 9.17) is 0 Å². The first-order chi connectivity index (χ1) is 10.4. The molecule has 0 spiro atoms. The van der Waals surface area contributed by atoms with Crippen molar-refractivity contribution in [3.63, 3.8) is 0 Å². The Balaban J connectivity index is 1.94. The molecule has 2 saturated carbocycles. The number of Topliss-reactive ketones (excluding diaryl/α,β-unsaturated/α-hetero) is 1. The highest BCUT2D eigenvalue weighted by atomic mass is 16.2. The molecule has 0 aromatic rings. The molecule has 0 saturated heterocycles. The second-order valence-electron chi connectivity index (χ2n) is 8.08. The lowest BCUT2D eigenvalue weighted by Crippen LogP contribution is -2.40. The molecule has 0 aromatic carbocycles. The van der Waals surface area contributed by atoms with E-state index in [9.17, 15) is 9.59 Å². The summed E-state index contributed by atoms with van der Waals surface area (Å²) < 4.78 is 0. The average molecular weight is 307 g/mol. The highest BCUT2D eigenvalue weighted by Crippen LogP contribution is 2.52. The Labute approximate surface area is 135 Å². The van der Waals surface area contributed by atoms with Crippen LogP contribution in [0.4, 0.5) is 0 Å². The summed E-state index contributed by atoms with van der Waals surface area (Å²) in [5.74, 6) is 4.10. The molecule has 126 valence electrons. The fourth-order valence-electron chi connectivity index (χ4n) is 4.44. The molecule has 0 aromatic heterocycles. The Morgan fingerprint density at radius 2 is 1.82 bits per heavy atom. The third-order valence-corrected chi connectivity index (χ3v) is 5.99. The minimum absolute atomic E-state index is 0.116. The molecule has 0 aliphatic heterocycles. The van der Waals surface area contributed by atoms with E-state index in [1.54, 1.807) is 6.92 Å². The Kier molecular flexibility index (Phi) is 6.05. The summed E-state index contributed by atoms with van der Waals surface area (Å²) in [5.41, 5.74) is 0. The molecular formula is C19H33NO2. The van der Waals surface area contributed by atoms with Crippen LogP contribution in [0.3, 0.4) is 0 Å². The van der Waals surface area contributed by atoms with Crippen LogP contribution in [0.1, 0.15) is 66.2 Å². The number of carbonyl (C=O) groups is 2. The largest absolute Gasteiger partial charge is 0.342 e. The van der Waals surface area contributed by atoms with Crippen LogP contribution in [0.5, 0.6) is 0 Å². The van der Waals surface area contributed by atoms with Crippen molar-refractivity contribution in [3.8, 4) is 0 Å². The Hall–Kier alpha value is -0.860. The summed E-state index contributed by atoms with van der Waals surface area (Å²) >= 11 is 0. The standard InChI is InChI=1S/C19H33NO2/c1-13(2)9-10-20(19(22)8-5-14(3)21)12-18-15(4)16-6-7-17(18)11-16/h13,15-18H,5-12H2,1-4H3. The lowest BCUT2D eigenvalue weighted by atomic mass is 9.80. The Morgan fingerprint density at radius 1 is 1.14 bits per heavy atom. The topological polar surface area (TPSA) is 37.4 Å². The van der Waals surface area contributed by atoms with Crippen LogP contribution >= 0.6 is 0 Å². The highest BCUT2D eigenvalue weighted by molar-refractivity contribution is 5.83. The van der Waals surface area contributed by atoms with Gasteiger partial charge in [0, 0.05) is 25.9 Å². The van der Waals surface area contributed by atoms with Crippen molar-refractivity contribution in [2.45, 2.75) is 66.2 Å². The number of hydrogen-bond donors (Lipinski definition) is 0. The van der Waals surface area contributed by atoms with Crippen molar-refractivity contribution < 1.29 is 9.59 Å². The SMILES string of the molecule is CC(=O)CCC(=O)N(CCC(C)C)CC1C2CCC(C2)C1C. The smallest absolute Gasteiger partial charge is 0.223 e. The zero-order valence-electron chi connectivity index (χ0n) is 14.8. The molecule has 4 unspecified atom stereocenters. The molecule has 4 atom stereocenters. The van der Waals surface area contributed by atoms with Crippen molar-refractivity contribution in [1.29, 1.82) is 0 Å². The first kappa shape index (κ1) is 17.5. The molecule has 1 amide bonds. The van der Waals surface area contributed by atoms with E-state index in [-0.39, 0.29) is 11.7 Å². The van der Waals surface area contributed by atoms with E-state index >= 15 is 0 Å². The molecule has 2 fully saturated rings. The average Bonchev–Trinajstić information content (AvgIpc) is 3.03. The van der Waals surface area contributed by atoms with Gasteiger partial charge in [-0.05, 0) is 62.2 Å². The van der Waals surface area contributed by atoms with Crippen molar-refractivity contribution in [2.75, 3.05) is 13.1 Å². The van der Waals surface area contributed by atoms with E-state index in [0.29, 0.717) is 24.7 Å². The molecule has 2 aliphatic carbocycles. The number of amides is 1. The van der Waals surface area contributed by atoms with Crippen molar-refractivity contribution in [1.82, 2.24) is 4.90 Å². The molecule has 3 nitrogen and oxygen atoms in total. The van der Waals surface area contributed by atoms with Gasteiger partial charge in [0.15, 0.2) is 0 Å². The lowest BCUT2D eigenvalue weighted by Gasteiger charge is -2.34. The first-order valence-corrected chi connectivity index (χ1v) is 9.15. The monoisotopic (exact) mass is 307 g/mol. The van der Waals surface area contributed by atoms with Crippen LogP contribution in [0.2, 0.25) is 0 Å². The fraction of sp³-hybridized carbons (Fsp3) is 0.895.